The van der Waals surface area contributed by atoms with Crippen molar-refractivity contribution in [1.82, 2.24) is 0 Å². The van der Waals surface area contributed by atoms with E-state index in [1.54, 1.807) is 26.4 Å². The fourth-order valence-corrected chi connectivity index (χ4v) is 5.68. The Morgan fingerprint density at radius 3 is 1.79 bits per heavy atom. The maximum absolute atomic E-state index is 10.4. The SMILES string of the molecule is COc1cc(C2(c3ccc(O)c(OC)c3)Cc3cccc4ccc5cccc2c5c34)ccc1O. The molecule has 0 spiro atoms. The molecular weight excluding hydrogens is 424 g/mol. The van der Waals surface area contributed by atoms with E-state index in [1.165, 1.54) is 32.7 Å². The summed E-state index contributed by atoms with van der Waals surface area (Å²) in [5.74, 6) is 1.04. The van der Waals surface area contributed by atoms with Crippen LogP contribution in [-0.4, -0.2) is 24.4 Å². The number of benzene rings is 5. The van der Waals surface area contributed by atoms with Gasteiger partial charge in [0.05, 0.1) is 19.6 Å². The third kappa shape index (κ3) is 2.72. The van der Waals surface area contributed by atoms with Gasteiger partial charge in [-0.3, -0.25) is 0 Å². The van der Waals surface area contributed by atoms with Crippen molar-refractivity contribution in [2.75, 3.05) is 14.2 Å². The smallest absolute Gasteiger partial charge is 0.160 e. The van der Waals surface area contributed by atoms with Gasteiger partial charge in [0.1, 0.15) is 0 Å². The third-order valence-electron chi connectivity index (χ3n) is 7.23. The lowest BCUT2D eigenvalue weighted by molar-refractivity contribution is 0.370. The number of phenols is 2. The molecule has 168 valence electrons. The predicted octanol–water partition coefficient (Wildman–Crippen LogP) is 6.31. The van der Waals surface area contributed by atoms with Crippen LogP contribution in [0, 0.1) is 0 Å². The number of phenolic OH excluding ortho intramolecular Hbond substituents is 2. The molecule has 4 nitrogen and oxygen atoms in total. The predicted molar refractivity (Wildman–Crippen MR) is 134 cm³/mol. The molecule has 0 atom stereocenters. The van der Waals surface area contributed by atoms with Crippen LogP contribution in [0.2, 0.25) is 0 Å². The zero-order valence-electron chi connectivity index (χ0n) is 19.0. The van der Waals surface area contributed by atoms with Crippen LogP contribution in [0.15, 0.2) is 84.9 Å². The van der Waals surface area contributed by atoms with Gasteiger partial charge in [-0.15, -0.1) is 0 Å². The van der Waals surface area contributed by atoms with Gasteiger partial charge in [-0.2, -0.15) is 0 Å². The first-order chi connectivity index (χ1) is 16.6. The van der Waals surface area contributed by atoms with Gasteiger partial charge in [0.15, 0.2) is 23.0 Å². The second kappa shape index (κ2) is 7.42. The molecule has 0 radical (unpaired) electrons. The highest BCUT2D eigenvalue weighted by Crippen LogP contribution is 2.52. The van der Waals surface area contributed by atoms with E-state index in [9.17, 15) is 10.2 Å². The average Bonchev–Trinajstić information content (AvgIpc) is 2.87. The lowest BCUT2D eigenvalue weighted by atomic mass is 9.61. The first-order valence-corrected chi connectivity index (χ1v) is 11.3. The van der Waals surface area contributed by atoms with Crippen molar-refractivity contribution in [3.8, 4) is 23.0 Å². The lowest BCUT2D eigenvalue weighted by Gasteiger charge is -2.40. The van der Waals surface area contributed by atoms with Crippen LogP contribution >= 0.6 is 0 Å². The monoisotopic (exact) mass is 448 g/mol. The molecule has 2 N–H and O–H groups in total. The highest BCUT2D eigenvalue weighted by molar-refractivity contribution is 6.12. The minimum Gasteiger partial charge on any atom is -0.504 e. The van der Waals surface area contributed by atoms with Crippen LogP contribution < -0.4 is 9.47 Å². The Balaban J connectivity index is 1.79. The minimum absolute atomic E-state index is 0.0983. The van der Waals surface area contributed by atoms with E-state index in [0.717, 1.165) is 11.1 Å². The Morgan fingerprint density at radius 1 is 0.647 bits per heavy atom. The molecule has 5 aromatic rings. The van der Waals surface area contributed by atoms with Crippen molar-refractivity contribution in [3.05, 3.63) is 107 Å². The topological polar surface area (TPSA) is 58.9 Å². The molecule has 0 aliphatic heterocycles. The van der Waals surface area contributed by atoms with Crippen molar-refractivity contribution in [2.45, 2.75) is 11.8 Å². The van der Waals surface area contributed by atoms with E-state index in [2.05, 4.69) is 48.5 Å². The molecule has 4 heteroatoms. The molecule has 0 saturated carbocycles. The molecule has 5 aromatic carbocycles. The fourth-order valence-electron chi connectivity index (χ4n) is 5.68. The van der Waals surface area contributed by atoms with Crippen LogP contribution in [0.1, 0.15) is 22.3 Å². The second-order valence-electron chi connectivity index (χ2n) is 8.84. The minimum atomic E-state index is -0.593. The third-order valence-corrected chi connectivity index (χ3v) is 7.23. The molecular formula is C30H24O4. The van der Waals surface area contributed by atoms with E-state index in [4.69, 9.17) is 9.47 Å². The Labute approximate surface area is 197 Å². The summed E-state index contributed by atoms with van der Waals surface area (Å²) in [6, 6.07) is 28.4. The molecule has 0 amide bonds. The quantitative estimate of drug-likeness (QED) is 0.316. The molecule has 1 aliphatic rings. The van der Waals surface area contributed by atoms with Crippen LogP contribution in [0.3, 0.4) is 0 Å². The maximum atomic E-state index is 10.4. The Kier molecular flexibility index (Phi) is 4.46. The molecule has 0 bridgehead atoms. The lowest BCUT2D eigenvalue weighted by Crippen LogP contribution is -2.34. The van der Waals surface area contributed by atoms with E-state index < -0.39 is 5.41 Å². The largest absolute Gasteiger partial charge is 0.504 e. The van der Waals surface area contributed by atoms with E-state index in [-0.39, 0.29) is 11.5 Å². The summed E-state index contributed by atoms with van der Waals surface area (Å²) in [6.07, 6.45) is 0.711. The highest BCUT2D eigenvalue weighted by atomic mass is 16.5. The standard InChI is InChI=1S/C30H24O4/c1-33-26-15-21(11-13-24(26)31)30(22-12-14-25(32)27(16-22)34-2)17-20-7-3-5-18-9-10-19-6-4-8-23(30)29(19)28(18)20/h3-16,31-32H,17H2,1-2H3. The van der Waals surface area contributed by atoms with Gasteiger partial charge in [-0.05, 0) is 74.5 Å². The molecule has 34 heavy (non-hydrogen) atoms. The average molecular weight is 449 g/mol. The van der Waals surface area contributed by atoms with Crippen molar-refractivity contribution in [3.63, 3.8) is 0 Å². The van der Waals surface area contributed by atoms with Crippen molar-refractivity contribution in [1.29, 1.82) is 0 Å². The summed E-state index contributed by atoms with van der Waals surface area (Å²) in [6.45, 7) is 0. The molecule has 6 rings (SSSR count). The zero-order valence-corrected chi connectivity index (χ0v) is 19.0. The Morgan fingerprint density at radius 2 is 1.21 bits per heavy atom. The van der Waals surface area contributed by atoms with Gasteiger partial charge in [-0.1, -0.05) is 60.7 Å². The Bertz CT molecular complexity index is 1530. The van der Waals surface area contributed by atoms with Crippen LogP contribution in [0.25, 0.3) is 21.5 Å². The number of methoxy groups -OCH3 is 2. The molecule has 1 aliphatic carbocycles. The van der Waals surface area contributed by atoms with Gasteiger partial charge < -0.3 is 19.7 Å². The van der Waals surface area contributed by atoms with Gasteiger partial charge >= 0.3 is 0 Å². The van der Waals surface area contributed by atoms with Gasteiger partial charge in [0.2, 0.25) is 0 Å². The number of rotatable bonds is 4. The normalized spacial score (nSPS) is 13.9. The summed E-state index contributed by atoms with van der Waals surface area (Å²) >= 11 is 0. The van der Waals surface area contributed by atoms with Crippen molar-refractivity contribution in [2.24, 2.45) is 0 Å². The molecule has 0 heterocycles. The van der Waals surface area contributed by atoms with E-state index >= 15 is 0 Å². The zero-order chi connectivity index (χ0) is 23.4. The summed E-state index contributed by atoms with van der Waals surface area (Å²) in [4.78, 5) is 0. The summed E-state index contributed by atoms with van der Waals surface area (Å²) in [5.41, 5.74) is 3.82. The van der Waals surface area contributed by atoms with Crippen molar-refractivity contribution >= 4 is 21.5 Å². The maximum Gasteiger partial charge on any atom is 0.160 e. The Hall–Kier alpha value is -4.18. The summed E-state index contributed by atoms with van der Waals surface area (Å²) in [7, 11) is 3.12. The van der Waals surface area contributed by atoms with Crippen LogP contribution in [0.4, 0.5) is 0 Å². The fraction of sp³-hybridized carbons (Fsp3) is 0.133. The number of aromatic hydroxyl groups is 2. The molecule has 0 aromatic heterocycles. The van der Waals surface area contributed by atoms with Crippen LogP contribution in [0.5, 0.6) is 23.0 Å². The first kappa shape index (κ1) is 20.4. The molecule has 0 fully saturated rings. The molecule has 0 saturated heterocycles. The second-order valence-corrected chi connectivity index (χ2v) is 8.84. The summed E-state index contributed by atoms with van der Waals surface area (Å²) in [5, 5.41) is 25.6. The van der Waals surface area contributed by atoms with Gasteiger partial charge in [0, 0.05) is 0 Å². The number of ether oxygens (including phenoxy) is 2. The first-order valence-electron chi connectivity index (χ1n) is 11.3. The van der Waals surface area contributed by atoms with Crippen molar-refractivity contribution < 1.29 is 19.7 Å². The van der Waals surface area contributed by atoms with Gasteiger partial charge in [0.25, 0.3) is 0 Å². The van der Waals surface area contributed by atoms with E-state index in [1.807, 2.05) is 24.3 Å². The van der Waals surface area contributed by atoms with E-state index in [0.29, 0.717) is 17.9 Å². The van der Waals surface area contributed by atoms with Gasteiger partial charge in [-0.25, -0.2) is 0 Å². The number of hydrogen-bond acceptors (Lipinski definition) is 4. The number of hydrogen-bond donors (Lipinski definition) is 2. The highest BCUT2D eigenvalue weighted by Gasteiger charge is 2.42. The van der Waals surface area contributed by atoms with Crippen LogP contribution in [-0.2, 0) is 11.8 Å². The molecule has 0 unspecified atom stereocenters. The summed E-state index contributed by atoms with van der Waals surface area (Å²) < 4.78 is 11.0.